The summed E-state index contributed by atoms with van der Waals surface area (Å²) < 4.78 is 43.4. The number of ether oxygens (including phenoxy) is 1. The van der Waals surface area contributed by atoms with Crippen molar-refractivity contribution in [3.05, 3.63) is 28.5 Å². The molecular formula is C15H16ClF3N2O3. The van der Waals surface area contributed by atoms with Crippen LogP contribution in [-0.2, 0) is 10.9 Å². The number of nitrogens with zero attached hydrogens (tertiary/aromatic N) is 2. The molecule has 1 saturated heterocycles. The van der Waals surface area contributed by atoms with Gasteiger partial charge in [-0.05, 0) is 32.9 Å². The molecule has 1 aromatic heterocycles. The number of halogens is 4. The second-order valence-corrected chi connectivity index (χ2v) is 6.90. The highest BCUT2D eigenvalue weighted by atomic mass is 35.5. The second kappa shape index (κ2) is 6.23. The Balaban J connectivity index is 2.05. The van der Waals surface area contributed by atoms with Crippen LogP contribution in [0.5, 0.6) is 0 Å². The first-order chi connectivity index (χ1) is 10.9. The summed E-state index contributed by atoms with van der Waals surface area (Å²) in [6.45, 7) is 5.28. The van der Waals surface area contributed by atoms with E-state index in [2.05, 4.69) is 4.98 Å². The summed E-state index contributed by atoms with van der Waals surface area (Å²) in [6.07, 6.45) is -5.19. The first kappa shape index (κ1) is 18.5. The molecule has 5 nitrogen and oxygen atoms in total. The van der Waals surface area contributed by atoms with E-state index in [4.69, 9.17) is 16.3 Å². The van der Waals surface area contributed by atoms with Crippen molar-refractivity contribution in [2.45, 2.75) is 32.5 Å². The average Bonchev–Trinajstić information content (AvgIpc) is 2.32. The number of rotatable bonds is 2. The van der Waals surface area contributed by atoms with Gasteiger partial charge in [-0.3, -0.25) is 4.79 Å². The molecular weight excluding hydrogens is 349 g/mol. The summed E-state index contributed by atoms with van der Waals surface area (Å²) in [5.74, 6) is -1.20. The Kier molecular flexibility index (Phi) is 4.81. The van der Waals surface area contributed by atoms with Crippen LogP contribution in [0.3, 0.4) is 0 Å². The van der Waals surface area contributed by atoms with Crippen LogP contribution in [0.1, 0.15) is 36.8 Å². The molecule has 1 aliphatic rings. The minimum Gasteiger partial charge on any atom is -0.444 e. The van der Waals surface area contributed by atoms with Crippen molar-refractivity contribution in [2.24, 2.45) is 5.92 Å². The van der Waals surface area contributed by atoms with Gasteiger partial charge in [-0.25, -0.2) is 9.78 Å². The Bertz CT molecular complexity index is 665. The molecule has 132 valence electrons. The highest BCUT2D eigenvalue weighted by Gasteiger charge is 2.39. The second-order valence-electron chi connectivity index (χ2n) is 6.51. The molecule has 0 aliphatic carbocycles. The minimum atomic E-state index is -4.62. The van der Waals surface area contributed by atoms with Crippen molar-refractivity contribution in [3.8, 4) is 0 Å². The van der Waals surface area contributed by atoms with Gasteiger partial charge in [0.05, 0.1) is 11.5 Å². The van der Waals surface area contributed by atoms with Crippen molar-refractivity contribution in [3.63, 3.8) is 0 Å². The number of pyridine rings is 1. The molecule has 1 amide bonds. The first-order valence-electron chi connectivity index (χ1n) is 7.14. The molecule has 0 spiro atoms. The predicted molar refractivity (Wildman–Crippen MR) is 79.9 cm³/mol. The van der Waals surface area contributed by atoms with E-state index in [0.717, 1.165) is 0 Å². The molecule has 0 bridgehead atoms. The topological polar surface area (TPSA) is 59.5 Å². The van der Waals surface area contributed by atoms with E-state index in [1.54, 1.807) is 20.8 Å². The van der Waals surface area contributed by atoms with E-state index < -0.39 is 40.3 Å². The fourth-order valence-electron chi connectivity index (χ4n) is 2.12. The van der Waals surface area contributed by atoms with E-state index in [9.17, 15) is 22.8 Å². The summed E-state index contributed by atoms with van der Waals surface area (Å²) >= 11 is 5.57. The first-order valence-corrected chi connectivity index (χ1v) is 7.51. The lowest BCUT2D eigenvalue weighted by Crippen LogP contribution is -2.54. The summed E-state index contributed by atoms with van der Waals surface area (Å²) in [4.78, 5) is 29.0. The van der Waals surface area contributed by atoms with Crippen molar-refractivity contribution in [1.82, 2.24) is 9.88 Å². The third kappa shape index (κ3) is 4.37. The van der Waals surface area contributed by atoms with Gasteiger partial charge >= 0.3 is 12.3 Å². The summed E-state index contributed by atoms with van der Waals surface area (Å²) in [5, 5.41) is -0.406. The molecule has 9 heteroatoms. The van der Waals surface area contributed by atoms with Gasteiger partial charge in [-0.15, -0.1) is 0 Å². The van der Waals surface area contributed by atoms with Crippen LogP contribution >= 0.6 is 11.6 Å². The Labute approximate surface area is 141 Å². The maximum atomic E-state index is 12.8. The Morgan fingerprint density at radius 1 is 1.25 bits per heavy atom. The van der Waals surface area contributed by atoms with Crippen LogP contribution in [0.2, 0.25) is 5.15 Å². The summed E-state index contributed by atoms with van der Waals surface area (Å²) in [6, 6.07) is 1.33. The van der Waals surface area contributed by atoms with Gasteiger partial charge in [0.25, 0.3) is 0 Å². The van der Waals surface area contributed by atoms with Crippen LogP contribution in [0, 0.1) is 5.92 Å². The highest BCUT2D eigenvalue weighted by molar-refractivity contribution is 6.29. The molecule has 0 aromatic carbocycles. The van der Waals surface area contributed by atoms with Gasteiger partial charge in [-0.2, -0.15) is 13.2 Å². The number of alkyl halides is 3. The van der Waals surface area contributed by atoms with Gasteiger partial charge in [0.15, 0.2) is 5.78 Å². The van der Waals surface area contributed by atoms with Gasteiger partial charge in [0, 0.05) is 13.1 Å². The number of carbonyl (C=O) groups excluding carboxylic acids is 2. The molecule has 1 fully saturated rings. The highest BCUT2D eigenvalue weighted by Crippen LogP contribution is 2.32. The summed E-state index contributed by atoms with van der Waals surface area (Å²) in [5.41, 5.74) is -2.06. The Hall–Kier alpha value is -1.83. The van der Waals surface area contributed by atoms with E-state index in [1.165, 1.54) is 4.90 Å². The zero-order chi connectivity index (χ0) is 18.3. The quantitative estimate of drug-likeness (QED) is 0.591. The Morgan fingerprint density at radius 2 is 1.83 bits per heavy atom. The van der Waals surface area contributed by atoms with Gasteiger partial charge in [-0.1, -0.05) is 11.6 Å². The lowest BCUT2D eigenvalue weighted by molar-refractivity contribution is -0.137. The zero-order valence-electron chi connectivity index (χ0n) is 13.3. The standard InChI is InChI=1S/C15H16ClF3N2O3/c1-14(2,3)24-13(23)21-6-8(7-21)12(22)10-4-9(15(17,18)19)5-11(16)20-10/h4-5,8H,6-7H2,1-3H3. The maximum absolute atomic E-state index is 12.8. The van der Waals surface area contributed by atoms with Crippen molar-refractivity contribution in [2.75, 3.05) is 13.1 Å². The van der Waals surface area contributed by atoms with E-state index >= 15 is 0 Å². The number of amides is 1. The number of hydrogen-bond acceptors (Lipinski definition) is 4. The van der Waals surface area contributed by atoms with Crippen LogP contribution < -0.4 is 0 Å². The van der Waals surface area contributed by atoms with Crippen molar-refractivity contribution in [1.29, 1.82) is 0 Å². The number of Topliss-reactive ketones (excluding diaryl/α,β-unsaturated/α-hetero) is 1. The van der Waals surface area contributed by atoms with Crippen LogP contribution in [0.4, 0.5) is 18.0 Å². The van der Waals surface area contributed by atoms with Gasteiger partial charge in [0.2, 0.25) is 0 Å². The molecule has 1 aromatic rings. The Morgan fingerprint density at radius 3 is 2.33 bits per heavy atom. The zero-order valence-corrected chi connectivity index (χ0v) is 14.0. The van der Waals surface area contributed by atoms with Crippen LogP contribution in [0.15, 0.2) is 12.1 Å². The molecule has 0 unspecified atom stereocenters. The lowest BCUT2D eigenvalue weighted by atomic mass is 9.93. The third-order valence-electron chi connectivity index (χ3n) is 3.28. The van der Waals surface area contributed by atoms with Crippen LogP contribution in [-0.4, -0.2) is 40.5 Å². The average molecular weight is 365 g/mol. The maximum Gasteiger partial charge on any atom is 0.416 e. The third-order valence-corrected chi connectivity index (χ3v) is 3.47. The number of hydrogen-bond donors (Lipinski definition) is 0. The van der Waals surface area contributed by atoms with Crippen molar-refractivity contribution < 1.29 is 27.5 Å². The molecule has 24 heavy (non-hydrogen) atoms. The predicted octanol–water partition coefficient (Wildman–Crippen LogP) is 3.80. The monoisotopic (exact) mass is 364 g/mol. The number of likely N-dealkylation sites (tertiary alicyclic amines) is 1. The van der Waals surface area contributed by atoms with Crippen molar-refractivity contribution >= 4 is 23.5 Å². The minimum absolute atomic E-state index is 0.0727. The molecule has 0 atom stereocenters. The largest absolute Gasteiger partial charge is 0.444 e. The summed E-state index contributed by atoms with van der Waals surface area (Å²) in [7, 11) is 0. The van der Waals surface area contributed by atoms with Gasteiger partial charge < -0.3 is 9.64 Å². The molecule has 0 radical (unpaired) electrons. The van der Waals surface area contributed by atoms with E-state index in [-0.39, 0.29) is 18.8 Å². The number of aromatic nitrogens is 1. The molecule has 2 heterocycles. The van der Waals surface area contributed by atoms with E-state index in [0.29, 0.717) is 12.1 Å². The molecule has 2 rings (SSSR count). The SMILES string of the molecule is CC(C)(C)OC(=O)N1CC(C(=O)c2cc(C(F)(F)F)cc(Cl)n2)C1. The lowest BCUT2D eigenvalue weighted by Gasteiger charge is -2.38. The normalized spacial score (nSPS) is 15.9. The molecule has 1 aliphatic heterocycles. The fourth-order valence-corrected chi connectivity index (χ4v) is 2.32. The smallest absolute Gasteiger partial charge is 0.416 e. The van der Waals surface area contributed by atoms with Gasteiger partial charge in [0.1, 0.15) is 16.4 Å². The van der Waals surface area contributed by atoms with Crippen LogP contribution in [0.25, 0.3) is 0 Å². The number of carbonyl (C=O) groups is 2. The van der Waals surface area contributed by atoms with E-state index in [1.807, 2.05) is 0 Å². The molecule has 0 saturated carbocycles. The molecule has 0 N–H and O–H groups in total. The number of ketones is 1. The fraction of sp³-hybridized carbons (Fsp3) is 0.533.